The minimum absolute atomic E-state index is 0.207. The molecule has 0 aliphatic rings. The van der Waals surface area contributed by atoms with Crippen LogP contribution in [0.5, 0.6) is 0 Å². The van der Waals surface area contributed by atoms with Crippen molar-refractivity contribution in [2.75, 3.05) is 0 Å². The molecule has 0 amide bonds. The fourth-order valence-electron chi connectivity index (χ4n) is 2.92. The molecule has 0 atom stereocenters. The Morgan fingerprint density at radius 3 is 1.61 bits per heavy atom. The number of nitrogens with zero attached hydrogens (tertiary/aromatic N) is 1. The van der Waals surface area contributed by atoms with E-state index < -0.39 is 34.8 Å². The second-order valence-electron chi connectivity index (χ2n) is 8.91. The molecule has 0 saturated carbocycles. The number of aliphatic imine (C=N–C) groups is 1. The molecular formula is C22H24F5N. The Labute approximate surface area is 162 Å². The van der Waals surface area contributed by atoms with Gasteiger partial charge in [0.15, 0.2) is 23.3 Å². The van der Waals surface area contributed by atoms with Crippen LogP contribution in [0.15, 0.2) is 17.1 Å². The molecule has 28 heavy (non-hydrogen) atoms. The summed E-state index contributed by atoms with van der Waals surface area (Å²) >= 11 is 0. The third kappa shape index (κ3) is 4.10. The van der Waals surface area contributed by atoms with Crippen LogP contribution in [0.3, 0.4) is 0 Å². The van der Waals surface area contributed by atoms with Crippen LogP contribution in [-0.2, 0) is 10.8 Å². The molecular weight excluding hydrogens is 373 g/mol. The van der Waals surface area contributed by atoms with E-state index in [-0.39, 0.29) is 10.8 Å². The molecule has 2 aromatic rings. The Balaban J connectivity index is 2.71. The summed E-state index contributed by atoms with van der Waals surface area (Å²) in [5.41, 5.74) is 1.75. The molecule has 0 bridgehead atoms. The van der Waals surface area contributed by atoms with Gasteiger partial charge in [0.1, 0.15) is 5.69 Å². The van der Waals surface area contributed by atoms with Crippen molar-refractivity contribution < 1.29 is 22.0 Å². The van der Waals surface area contributed by atoms with Crippen LogP contribution in [0.2, 0.25) is 0 Å². The van der Waals surface area contributed by atoms with Crippen molar-refractivity contribution in [3.63, 3.8) is 0 Å². The van der Waals surface area contributed by atoms with Crippen molar-refractivity contribution in [3.05, 3.63) is 63.5 Å². The Hall–Kier alpha value is -2.24. The van der Waals surface area contributed by atoms with Gasteiger partial charge in [0.2, 0.25) is 5.82 Å². The van der Waals surface area contributed by atoms with Gasteiger partial charge in [0, 0.05) is 6.21 Å². The van der Waals surface area contributed by atoms with Gasteiger partial charge in [0.05, 0.1) is 0 Å². The van der Waals surface area contributed by atoms with E-state index in [2.05, 4.69) is 11.1 Å². The highest BCUT2D eigenvalue weighted by Gasteiger charge is 2.26. The van der Waals surface area contributed by atoms with Gasteiger partial charge in [-0.3, -0.25) is 0 Å². The fourth-order valence-corrected chi connectivity index (χ4v) is 2.92. The molecule has 152 valence electrons. The molecule has 0 N–H and O–H groups in total. The van der Waals surface area contributed by atoms with Gasteiger partial charge < -0.3 is 0 Å². The Morgan fingerprint density at radius 1 is 0.714 bits per heavy atom. The van der Waals surface area contributed by atoms with Crippen LogP contribution >= 0.6 is 0 Å². The van der Waals surface area contributed by atoms with Crippen LogP contribution in [0.1, 0.15) is 63.8 Å². The maximum atomic E-state index is 13.9. The number of hydrogen-bond donors (Lipinski definition) is 0. The smallest absolute Gasteiger partial charge is 0.200 e. The van der Waals surface area contributed by atoms with E-state index >= 15 is 0 Å². The van der Waals surface area contributed by atoms with Crippen LogP contribution < -0.4 is 0 Å². The number of rotatable bonds is 2. The molecule has 0 heterocycles. The second-order valence-corrected chi connectivity index (χ2v) is 8.91. The average molecular weight is 397 g/mol. The van der Waals surface area contributed by atoms with Gasteiger partial charge in [0.25, 0.3) is 0 Å². The average Bonchev–Trinajstić information content (AvgIpc) is 2.57. The normalized spacial score (nSPS) is 12.9. The molecule has 2 rings (SSSR count). The highest BCUT2D eigenvalue weighted by atomic mass is 19.2. The van der Waals surface area contributed by atoms with Gasteiger partial charge in [-0.05, 0) is 46.1 Å². The van der Waals surface area contributed by atoms with Gasteiger partial charge in [-0.2, -0.15) is 0 Å². The Morgan fingerprint density at radius 2 is 1.18 bits per heavy atom. The van der Waals surface area contributed by atoms with Gasteiger partial charge in [-0.1, -0.05) is 47.6 Å². The zero-order valence-electron chi connectivity index (χ0n) is 17.1. The number of halogens is 5. The third-order valence-corrected chi connectivity index (χ3v) is 4.64. The highest BCUT2D eigenvalue weighted by Crippen LogP contribution is 2.34. The highest BCUT2D eigenvalue weighted by molar-refractivity contribution is 5.85. The van der Waals surface area contributed by atoms with Crippen LogP contribution in [0, 0.1) is 36.0 Å². The lowest BCUT2D eigenvalue weighted by Gasteiger charge is -2.28. The Kier molecular flexibility index (Phi) is 5.75. The van der Waals surface area contributed by atoms with E-state index in [1.165, 1.54) is 0 Å². The SMILES string of the molecule is Cc1c(C=Nc2c(F)c(F)c(F)c(F)c2F)cc(C(C)(C)C)cc1C(C)(C)C. The first-order valence-electron chi connectivity index (χ1n) is 8.87. The summed E-state index contributed by atoms with van der Waals surface area (Å²) < 4.78 is 67.9. The number of benzene rings is 2. The Bertz CT molecular complexity index is 918. The quantitative estimate of drug-likeness (QED) is 0.223. The first kappa shape index (κ1) is 22.1. The molecule has 0 aliphatic heterocycles. The van der Waals surface area contributed by atoms with Crippen molar-refractivity contribution >= 4 is 11.9 Å². The topological polar surface area (TPSA) is 12.4 Å². The summed E-state index contributed by atoms with van der Waals surface area (Å²) in [6.07, 6.45) is 1.15. The van der Waals surface area contributed by atoms with Crippen molar-refractivity contribution in [2.24, 2.45) is 4.99 Å². The first-order valence-corrected chi connectivity index (χ1v) is 8.87. The molecule has 2 aromatic carbocycles. The van der Waals surface area contributed by atoms with Crippen molar-refractivity contribution in [1.29, 1.82) is 0 Å². The zero-order valence-corrected chi connectivity index (χ0v) is 17.1. The maximum absolute atomic E-state index is 13.9. The summed E-state index contributed by atoms with van der Waals surface area (Å²) in [4.78, 5) is 3.62. The summed E-state index contributed by atoms with van der Waals surface area (Å²) in [5.74, 6) is -10.1. The third-order valence-electron chi connectivity index (χ3n) is 4.64. The summed E-state index contributed by atoms with van der Waals surface area (Å²) in [6.45, 7) is 14.0. The molecule has 0 aromatic heterocycles. The maximum Gasteiger partial charge on any atom is 0.200 e. The van der Waals surface area contributed by atoms with Crippen molar-refractivity contribution in [1.82, 2.24) is 0 Å². The molecule has 1 nitrogen and oxygen atoms in total. The van der Waals surface area contributed by atoms with Crippen molar-refractivity contribution in [3.8, 4) is 0 Å². The zero-order chi connectivity index (χ0) is 21.6. The van der Waals surface area contributed by atoms with Gasteiger partial charge in [-0.25, -0.2) is 26.9 Å². The summed E-state index contributed by atoms with van der Waals surface area (Å²) in [5, 5.41) is 0. The molecule has 0 saturated heterocycles. The van der Waals surface area contributed by atoms with E-state index in [0.29, 0.717) is 5.56 Å². The van der Waals surface area contributed by atoms with E-state index in [9.17, 15) is 22.0 Å². The van der Waals surface area contributed by atoms with Gasteiger partial charge >= 0.3 is 0 Å². The molecule has 0 fully saturated rings. The lowest BCUT2D eigenvalue weighted by molar-refractivity contribution is 0.381. The molecule has 0 radical (unpaired) electrons. The van der Waals surface area contributed by atoms with Gasteiger partial charge in [-0.15, -0.1) is 0 Å². The van der Waals surface area contributed by atoms with E-state index in [1.54, 1.807) is 0 Å². The lowest BCUT2D eigenvalue weighted by atomic mass is 9.77. The molecule has 0 aliphatic carbocycles. The predicted octanol–water partition coefficient (Wildman–Crippen LogP) is 7.04. The predicted molar refractivity (Wildman–Crippen MR) is 102 cm³/mol. The fraction of sp³-hybridized carbons (Fsp3) is 0.409. The van der Waals surface area contributed by atoms with E-state index in [4.69, 9.17) is 0 Å². The largest absolute Gasteiger partial charge is 0.250 e. The van der Waals surface area contributed by atoms with E-state index in [1.807, 2.05) is 54.5 Å². The molecule has 0 unspecified atom stereocenters. The monoisotopic (exact) mass is 397 g/mol. The summed E-state index contributed by atoms with van der Waals surface area (Å²) in [6, 6.07) is 3.89. The lowest BCUT2D eigenvalue weighted by Crippen LogP contribution is -2.19. The standard InChI is InChI=1S/C22H24F5N/c1-11-12(8-13(21(2,3)4)9-14(11)22(5,6)7)10-28-20-18(26)16(24)15(23)17(25)19(20)27/h8-10H,1-7H3. The van der Waals surface area contributed by atoms with Crippen LogP contribution in [0.25, 0.3) is 0 Å². The minimum atomic E-state index is -2.20. The molecule has 6 heteroatoms. The van der Waals surface area contributed by atoms with Crippen LogP contribution in [-0.4, -0.2) is 6.21 Å². The summed E-state index contributed by atoms with van der Waals surface area (Å²) in [7, 11) is 0. The van der Waals surface area contributed by atoms with Crippen molar-refractivity contribution in [2.45, 2.75) is 59.3 Å². The van der Waals surface area contributed by atoms with Crippen LogP contribution in [0.4, 0.5) is 27.6 Å². The van der Waals surface area contributed by atoms with E-state index in [0.717, 1.165) is 22.9 Å². The first-order chi connectivity index (χ1) is 12.7. The molecule has 0 spiro atoms. The second kappa shape index (κ2) is 7.30. The number of hydrogen-bond acceptors (Lipinski definition) is 1. The minimum Gasteiger partial charge on any atom is -0.250 e.